The normalized spacial score (nSPS) is 15.3. The van der Waals surface area contributed by atoms with E-state index >= 15 is 0 Å². The van der Waals surface area contributed by atoms with Gasteiger partial charge >= 0.3 is 0 Å². The quantitative estimate of drug-likeness (QED) is 0.916. The summed E-state index contributed by atoms with van der Waals surface area (Å²) in [5.74, 6) is 0.400. The van der Waals surface area contributed by atoms with Gasteiger partial charge in [-0.2, -0.15) is 0 Å². The van der Waals surface area contributed by atoms with Gasteiger partial charge in [0.05, 0.1) is 5.51 Å². The Bertz CT molecular complexity index is 623. The van der Waals surface area contributed by atoms with Crippen molar-refractivity contribution in [2.24, 2.45) is 0 Å². The van der Waals surface area contributed by atoms with Crippen molar-refractivity contribution in [2.75, 3.05) is 5.32 Å². The number of amides is 1. The lowest BCUT2D eigenvalue weighted by atomic mass is 10.2. The molecule has 19 heavy (non-hydrogen) atoms. The van der Waals surface area contributed by atoms with Gasteiger partial charge in [-0.25, -0.2) is 4.98 Å². The van der Waals surface area contributed by atoms with Crippen molar-refractivity contribution in [1.82, 2.24) is 4.98 Å². The molecule has 0 bridgehead atoms. The fourth-order valence-electron chi connectivity index (χ4n) is 1.82. The van der Waals surface area contributed by atoms with Gasteiger partial charge in [-0.3, -0.25) is 4.79 Å². The topological polar surface area (TPSA) is 60.5 Å². The second kappa shape index (κ2) is 4.24. The third kappa shape index (κ3) is 2.39. The van der Waals surface area contributed by atoms with Crippen LogP contribution in [0.3, 0.4) is 0 Å². The highest BCUT2D eigenvalue weighted by Gasteiger charge is 2.31. The number of thiazole rings is 1. The number of nitrogens with one attached hydrogen (secondary N) is 1. The average molecular weight is 276 g/mol. The van der Waals surface area contributed by atoms with E-state index in [0.717, 1.165) is 0 Å². The Morgan fingerprint density at radius 1 is 1.32 bits per heavy atom. The van der Waals surface area contributed by atoms with E-state index in [1.54, 1.807) is 29.1 Å². The molecule has 1 aromatic heterocycles. The van der Waals surface area contributed by atoms with Crippen LogP contribution in [-0.4, -0.2) is 16.7 Å². The van der Waals surface area contributed by atoms with Crippen molar-refractivity contribution in [1.29, 1.82) is 0 Å². The lowest BCUT2D eigenvalue weighted by Gasteiger charge is -2.16. The van der Waals surface area contributed by atoms with E-state index in [-0.39, 0.29) is 5.91 Å². The SMILES string of the molecule is CC1(C)Oc2ccc(NC(=O)c3cscn3)cc2O1. The number of nitrogens with zero attached hydrogens (tertiary/aromatic N) is 1. The minimum Gasteiger partial charge on any atom is -0.449 e. The summed E-state index contributed by atoms with van der Waals surface area (Å²) in [6, 6.07) is 5.29. The molecule has 1 aliphatic rings. The van der Waals surface area contributed by atoms with E-state index in [1.165, 1.54) is 11.3 Å². The highest BCUT2D eigenvalue weighted by atomic mass is 32.1. The highest BCUT2D eigenvalue weighted by molar-refractivity contribution is 7.07. The molecular formula is C13H12N2O3S. The second-order valence-corrected chi connectivity index (χ2v) is 5.31. The lowest BCUT2D eigenvalue weighted by Crippen LogP contribution is -2.29. The van der Waals surface area contributed by atoms with Gasteiger partial charge < -0.3 is 14.8 Å². The maximum atomic E-state index is 11.9. The molecule has 0 atom stereocenters. The van der Waals surface area contributed by atoms with Crippen molar-refractivity contribution >= 4 is 22.9 Å². The Balaban J connectivity index is 1.79. The van der Waals surface area contributed by atoms with Gasteiger partial charge in [-0.15, -0.1) is 11.3 Å². The van der Waals surface area contributed by atoms with Crippen molar-refractivity contribution in [3.8, 4) is 11.5 Å². The average Bonchev–Trinajstić information content (AvgIpc) is 2.93. The molecule has 0 saturated heterocycles. The van der Waals surface area contributed by atoms with Crippen molar-refractivity contribution in [3.05, 3.63) is 34.8 Å². The number of carbonyl (C=O) groups is 1. The summed E-state index contributed by atoms with van der Waals surface area (Å²) in [4.78, 5) is 15.8. The van der Waals surface area contributed by atoms with Crippen molar-refractivity contribution < 1.29 is 14.3 Å². The Kier molecular flexibility index (Phi) is 2.67. The molecule has 1 N–H and O–H groups in total. The van der Waals surface area contributed by atoms with Gasteiger partial charge in [-0.1, -0.05) is 0 Å². The van der Waals surface area contributed by atoms with Crippen LogP contribution in [-0.2, 0) is 0 Å². The first-order chi connectivity index (χ1) is 9.03. The Morgan fingerprint density at radius 2 is 2.11 bits per heavy atom. The van der Waals surface area contributed by atoms with Gasteiger partial charge in [0.1, 0.15) is 5.69 Å². The minimum atomic E-state index is -0.667. The van der Waals surface area contributed by atoms with Crippen LogP contribution in [0, 0.1) is 0 Å². The van der Waals surface area contributed by atoms with Gasteiger partial charge in [0, 0.05) is 31.0 Å². The first-order valence-electron chi connectivity index (χ1n) is 5.75. The van der Waals surface area contributed by atoms with E-state index in [0.29, 0.717) is 22.9 Å². The third-order valence-corrected chi connectivity index (χ3v) is 3.16. The van der Waals surface area contributed by atoms with Gasteiger partial charge in [0.2, 0.25) is 5.79 Å². The summed E-state index contributed by atoms with van der Waals surface area (Å²) in [5, 5.41) is 4.47. The Labute approximate surface area is 114 Å². The van der Waals surface area contributed by atoms with E-state index in [2.05, 4.69) is 10.3 Å². The van der Waals surface area contributed by atoms with Crippen LogP contribution in [0.5, 0.6) is 11.5 Å². The zero-order valence-electron chi connectivity index (χ0n) is 10.5. The van der Waals surface area contributed by atoms with Gasteiger partial charge in [0.25, 0.3) is 5.91 Å². The van der Waals surface area contributed by atoms with Gasteiger partial charge in [0.15, 0.2) is 11.5 Å². The van der Waals surface area contributed by atoms with Gasteiger partial charge in [-0.05, 0) is 12.1 Å². The molecule has 5 nitrogen and oxygen atoms in total. The summed E-state index contributed by atoms with van der Waals surface area (Å²) in [6.45, 7) is 3.67. The number of carbonyl (C=O) groups excluding carboxylic acids is 1. The Morgan fingerprint density at radius 3 is 2.84 bits per heavy atom. The van der Waals surface area contributed by atoms with Crippen molar-refractivity contribution in [2.45, 2.75) is 19.6 Å². The standard InChI is InChI=1S/C13H12N2O3S/c1-13(2)17-10-4-3-8(5-11(10)18-13)15-12(16)9-6-19-7-14-9/h3-7H,1-2H3,(H,15,16). The maximum absolute atomic E-state index is 11.9. The summed E-state index contributed by atoms with van der Waals surface area (Å²) >= 11 is 1.38. The van der Waals surface area contributed by atoms with Crippen LogP contribution in [0.4, 0.5) is 5.69 Å². The molecule has 0 saturated carbocycles. The lowest BCUT2D eigenvalue weighted by molar-refractivity contribution is -0.0431. The van der Waals surface area contributed by atoms with Crippen molar-refractivity contribution in [3.63, 3.8) is 0 Å². The molecule has 0 aliphatic carbocycles. The van der Waals surface area contributed by atoms with Crippen LogP contribution in [0.2, 0.25) is 0 Å². The predicted octanol–water partition coefficient (Wildman–Crippen LogP) is 2.90. The molecule has 6 heteroatoms. The molecule has 3 rings (SSSR count). The monoisotopic (exact) mass is 276 g/mol. The number of aromatic nitrogens is 1. The summed E-state index contributed by atoms with van der Waals surface area (Å²) < 4.78 is 11.2. The smallest absolute Gasteiger partial charge is 0.275 e. The fraction of sp³-hybridized carbons (Fsp3) is 0.231. The fourth-order valence-corrected chi connectivity index (χ4v) is 2.35. The zero-order valence-corrected chi connectivity index (χ0v) is 11.3. The number of anilines is 1. The summed E-state index contributed by atoms with van der Waals surface area (Å²) in [6.07, 6.45) is 0. The number of hydrogen-bond acceptors (Lipinski definition) is 5. The first kappa shape index (κ1) is 12.0. The molecule has 98 valence electrons. The molecular weight excluding hydrogens is 264 g/mol. The minimum absolute atomic E-state index is 0.237. The first-order valence-corrected chi connectivity index (χ1v) is 6.69. The molecule has 0 spiro atoms. The van der Waals surface area contributed by atoms with Crippen LogP contribution < -0.4 is 14.8 Å². The summed E-state index contributed by atoms with van der Waals surface area (Å²) in [5.41, 5.74) is 2.68. The highest BCUT2D eigenvalue weighted by Crippen LogP contribution is 2.40. The van der Waals surface area contributed by atoms with E-state index in [4.69, 9.17) is 9.47 Å². The summed E-state index contributed by atoms with van der Waals surface area (Å²) in [7, 11) is 0. The predicted molar refractivity (Wildman–Crippen MR) is 71.8 cm³/mol. The second-order valence-electron chi connectivity index (χ2n) is 4.59. The molecule has 1 amide bonds. The molecule has 1 aromatic carbocycles. The number of ether oxygens (including phenoxy) is 2. The molecule has 0 unspecified atom stereocenters. The number of rotatable bonds is 2. The Hall–Kier alpha value is -2.08. The van der Waals surface area contributed by atoms with Crippen LogP contribution >= 0.6 is 11.3 Å². The van der Waals surface area contributed by atoms with Crippen LogP contribution in [0.1, 0.15) is 24.3 Å². The number of hydrogen-bond donors (Lipinski definition) is 1. The van der Waals surface area contributed by atoms with Crippen LogP contribution in [0.25, 0.3) is 0 Å². The number of benzene rings is 1. The molecule has 0 fully saturated rings. The third-order valence-electron chi connectivity index (χ3n) is 2.58. The molecule has 0 radical (unpaired) electrons. The van der Waals surface area contributed by atoms with E-state index < -0.39 is 5.79 Å². The maximum Gasteiger partial charge on any atom is 0.275 e. The molecule has 2 aromatic rings. The molecule has 2 heterocycles. The van der Waals surface area contributed by atoms with Crippen LogP contribution in [0.15, 0.2) is 29.1 Å². The number of fused-ring (bicyclic) bond motifs is 1. The zero-order chi connectivity index (χ0) is 13.5. The largest absolute Gasteiger partial charge is 0.449 e. The molecule has 1 aliphatic heterocycles. The van der Waals surface area contributed by atoms with E-state index in [1.807, 2.05) is 13.8 Å². The van der Waals surface area contributed by atoms with E-state index in [9.17, 15) is 4.79 Å².